The standard InChI is InChI=1S/C26H21ClO4/c1-26(2,3)18-10-8-16(9-11-18)25(29)30-19-12-13-20-22(15-19)31-23(24(20)28)14-17-6-4-5-7-21(17)27/h4-15H,1-3H3. The largest absolute Gasteiger partial charge is 0.452 e. The van der Waals surface area contributed by atoms with Gasteiger partial charge in [0.25, 0.3) is 0 Å². The van der Waals surface area contributed by atoms with Crippen molar-refractivity contribution in [1.82, 2.24) is 0 Å². The van der Waals surface area contributed by atoms with Gasteiger partial charge in [0.2, 0.25) is 5.78 Å². The predicted octanol–water partition coefficient (Wildman–Crippen LogP) is 6.47. The number of hydrogen-bond donors (Lipinski definition) is 0. The molecule has 1 heterocycles. The Kier molecular flexibility index (Phi) is 5.42. The molecule has 31 heavy (non-hydrogen) atoms. The van der Waals surface area contributed by atoms with Crippen molar-refractivity contribution in [2.75, 3.05) is 0 Å². The minimum absolute atomic E-state index is 0.00149. The molecule has 1 aliphatic heterocycles. The maximum atomic E-state index is 12.6. The van der Waals surface area contributed by atoms with Crippen molar-refractivity contribution in [2.45, 2.75) is 26.2 Å². The first kappa shape index (κ1) is 20.9. The zero-order valence-corrected chi connectivity index (χ0v) is 18.2. The van der Waals surface area contributed by atoms with Crippen molar-refractivity contribution in [1.29, 1.82) is 0 Å². The Balaban J connectivity index is 1.52. The van der Waals surface area contributed by atoms with Crippen LogP contribution in [0.3, 0.4) is 0 Å². The summed E-state index contributed by atoms with van der Waals surface area (Å²) in [4.78, 5) is 25.2. The van der Waals surface area contributed by atoms with Gasteiger partial charge in [-0.05, 0) is 52.9 Å². The lowest BCUT2D eigenvalue weighted by Gasteiger charge is -2.18. The molecule has 4 nitrogen and oxygen atoms in total. The Morgan fingerprint density at radius 1 is 1.00 bits per heavy atom. The van der Waals surface area contributed by atoms with Crippen LogP contribution in [0.1, 0.15) is 52.6 Å². The van der Waals surface area contributed by atoms with Crippen molar-refractivity contribution in [3.05, 3.63) is 99.8 Å². The van der Waals surface area contributed by atoms with Crippen LogP contribution in [0.5, 0.6) is 11.5 Å². The second-order valence-electron chi connectivity index (χ2n) is 8.34. The second kappa shape index (κ2) is 8.05. The number of fused-ring (bicyclic) bond motifs is 1. The summed E-state index contributed by atoms with van der Waals surface area (Å²) in [7, 11) is 0. The second-order valence-corrected chi connectivity index (χ2v) is 8.74. The van der Waals surface area contributed by atoms with Crippen LogP contribution in [0.15, 0.2) is 72.5 Å². The third kappa shape index (κ3) is 4.39. The van der Waals surface area contributed by atoms with E-state index in [4.69, 9.17) is 21.1 Å². The van der Waals surface area contributed by atoms with Crippen LogP contribution in [0.25, 0.3) is 6.08 Å². The number of carbonyl (C=O) groups excluding carboxylic acids is 2. The van der Waals surface area contributed by atoms with E-state index in [2.05, 4.69) is 20.8 Å². The summed E-state index contributed by atoms with van der Waals surface area (Å²) in [6.45, 7) is 6.34. The van der Waals surface area contributed by atoms with Gasteiger partial charge in [-0.1, -0.05) is 62.7 Å². The molecule has 0 bridgehead atoms. The van der Waals surface area contributed by atoms with E-state index in [1.807, 2.05) is 24.3 Å². The van der Waals surface area contributed by atoms with Gasteiger partial charge in [-0.25, -0.2) is 4.79 Å². The Morgan fingerprint density at radius 3 is 2.39 bits per heavy atom. The Hall–Kier alpha value is -3.37. The topological polar surface area (TPSA) is 52.6 Å². The highest BCUT2D eigenvalue weighted by Crippen LogP contribution is 2.35. The molecule has 3 aromatic rings. The molecular formula is C26H21ClO4. The number of ketones is 1. The first-order valence-electron chi connectivity index (χ1n) is 9.88. The highest BCUT2D eigenvalue weighted by molar-refractivity contribution is 6.32. The quantitative estimate of drug-likeness (QED) is 0.270. The molecule has 156 valence electrons. The number of hydrogen-bond acceptors (Lipinski definition) is 4. The van der Waals surface area contributed by atoms with Crippen LogP contribution in [0.2, 0.25) is 5.02 Å². The summed E-state index contributed by atoms with van der Waals surface area (Å²) in [5.41, 5.74) is 2.68. The zero-order valence-electron chi connectivity index (χ0n) is 17.4. The van der Waals surface area contributed by atoms with E-state index < -0.39 is 5.97 Å². The lowest BCUT2D eigenvalue weighted by atomic mass is 9.87. The molecule has 4 rings (SSSR count). The van der Waals surface area contributed by atoms with Crippen LogP contribution in [0, 0.1) is 0 Å². The first-order chi connectivity index (χ1) is 14.7. The molecule has 0 unspecified atom stereocenters. The third-order valence-corrected chi connectivity index (χ3v) is 5.37. The molecule has 0 aliphatic carbocycles. The number of rotatable bonds is 3. The predicted molar refractivity (Wildman–Crippen MR) is 121 cm³/mol. The van der Waals surface area contributed by atoms with Gasteiger partial charge in [-0.3, -0.25) is 4.79 Å². The summed E-state index contributed by atoms with van der Waals surface area (Å²) in [6.07, 6.45) is 1.60. The number of esters is 1. The third-order valence-electron chi connectivity index (χ3n) is 5.03. The molecule has 0 radical (unpaired) electrons. The van der Waals surface area contributed by atoms with E-state index in [1.165, 1.54) is 0 Å². The van der Waals surface area contributed by atoms with E-state index in [0.29, 0.717) is 33.2 Å². The van der Waals surface area contributed by atoms with Crippen LogP contribution in [0.4, 0.5) is 0 Å². The smallest absolute Gasteiger partial charge is 0.343 e. The van der Waals surface area contributed by atoms with Crippen molar-refractivity contribution >= 4 is 29.4 Å². The number of ether oxygens (including phenoxy) is 2. The van der Waals surface area contributed by atoms with E-state index in [-0.39, 0.29) is 17.0 Å². The van der Waals surface area contributed by atoms with Gasteiger partial charge >= 0.3 is 5.97 Å². The van der Waals surface area contributed by atoms with Crippen molar-refractivity contribution in [3.8, 4) is 11.5 Å². The van der Waals surface area contributed by atoms with E-state index in [9.17, 15) is 9.59 Å². The molecule has 1 aliphatic rings. The normalized spacial score (nSPS) is 14.3. The van der Waals surface area contributed by atoms with Crippen molar-refractivity contribution < 1.29 is 19.1 Å². The van der Waals surface area contributed by atoms with E-state index in [0.717, 1.165) is 5.56 Å². The fourth-order valence-corrected chi connectivity index (χ4v) is 3.43. The fourth-order valence-electron chi connectivity index (χ4n) is 3.24. The molecule has 0 saturated heterocycles. The average molecular weight is 433 g/mol. The molecule has 0 N–H and O–H groups in total. The fraction of sp³-hybridized carbons (Fsp3) is 0.154. The van der Waals surface area contributed by atoms with Gasteiger partial charge in [0, 0.05) is 11.1 Å². The number of benzene rings is 3. The van der Waals surface area contributed by atoms with Crippen LogP contribution in [-0.2, 0) is 5.41 Å². The molecule has 3 aromatic carbocycles. The van der Waals surface area contributed by atoms with Crippen molar-refractivity contribution in [2.24, 2.45) is 0 Å². The van der Waals surface area contributed by atoms with Gasteiger partial charge in [0.1, 0.15) is 11.5 Å². The monoisotopic (exact) mass is 432 g/mol. The molecule has 0 saturated carbocycles. The van der Waals surface area contributed by atoms with E-state index in [1.54, 1.807) is 48.5 Å². The number of allylic oxidation sites excluding steroid dienone is 1. The maximum absolute atomic E-state index is 12.6. The summed E-state index contributed by atoms with van der Waals surface area (Å²) in [5, 5.41) is 0.523. The summed E-state index contributed by atoms with van der Waals surface area (Å²) in [6, 6.07) is 19.3. The maximum Gasteiger partial charge on any atom is 0.343 e. The number of carbonyl (C=O) groups is 2. The highest BCUT2D eigenvalue weighted by Gasteiger charge is 2.28. The number of Topliss-reactive ketones (excluding diaryl/α,β-unsaturated/α-hetero) is 1. The van der Waals surface area contributed by atoms with Crippen LogP contribution < -0.4 is 9.47 Å². The molecular weight excluding hydrogens is 412 g/mol. The molecule has 0 amide bonds. The minimum Gasteiger partial charge on any atom is -0.452 e. The zero-order chi connectivity index (χ0) is 22.2. The van der Waals surface area contributed by atoms with Gasteiger partial charge < -0.3 is 9.47 Å². The van der Waals surface area contributed by atoms with E-state index >= 15 is 0 Å². The summed E-state index contributed by atoms with van der Waals surface area (Å²) in [5.74, 6) is 0.0959. The average Bonchev–Trinajstić information content (AvgIpc) is 3.04. The summed E-state index contributed by atoms with van der Waals surface area (Å²) >= 11 is 6.17. The number of halogens is 1. The van der Waals surface area contributed by atoms with Gasteiger partial charge in [0.15, 0.2) is 5.76 Å². The molecule has 0 atom stereocenters. The Labute approximate surface area is 186 Å². The molecule has 0 fully saturated rings. The lowest BCUT2D eigenvalue weighted by molar-refractivity contribution is 0.0734. The Bertz CT molecular complexity index is 1200. The van der Waals surface area contributed by atoms with Crippen LogP contribution in [-0.4, -0.2) is 11.8 Å². The lowest BCUT2D eigenvalue weighted by Crippen LogP contribution is -2.12. The molecule has 0 spiro atoms. The van der Waals surface area contributed by atoms with Gasteiger partial charge in [-0.2, -0.15) is 0 Å². The minimum atomic E-state index is -0.475. The Morgan fingerprint density at radius 2 is 1.71 bits per heavy atom. The first-order valence-corrected chi connectivity index (χ1v) is 10.3. The van der Waals surface area contributed by atoms with Crippen LogP contribution >= 0.6 is 11.6 Å². The highest BCUT2D eigenvalue weighted by atomic mass is 35.5. The molecule has 0 aromatic heterocycles. The van der Waals surface area contributed by atoms with Gasteiger partial charge in [-0.15, -0.1) is 0 Å². The van der Waals surface area contributed by atoms with Crippen molar-refractivity contribution in [3.63, 3.8) is 0 Å². The SMILES string of the molecule is CC(C)(C)c1ccc(C(=O)Oc2ccc3c(c2)OC(=Cc2ccccc2Cl)C3=O)cc1. The molecule has 5 heteroatoms. The summed E-state index contributed by atoms with van der Waals surface area (Å²) < 4.78 is 11.2. The van der Waals surface area contributed by atoms with Gasteiger partial charge in [0.05, 0.1) is 11.1 Å².